The molecule has 120 valence electrons. The van der Waals surface area contributed by atoms with Crippen molar-refractivity contribution in [1.82, 2.24) is 14.7 Å². The zero-order valence-corrected chi connectivity index (χ0v) is 13.1. The van der Waals surface area contributed by atoms with Crippen molar-refractivity contribution in [2.24, 2.45) is 7.05 Å². The molecule has 7 nitrogen and oxygen atoms in total. The second-order valence-electron chi connectivity index (χ2n) is 5.40. The van der Waals surface area contributed by atoms with Gasteiger partial charge in [-0.05, 0) is 6.92 Å². The van der Waals surface area contributed by atoms with Crippen molar-refractivity contribution >= 4 is 17.8 Å². The third-order valence-electron chi connectivity index (χ3n) is 3.77. The van der Waals surface area contributed by atoms with Crippen LogP contribution in [0, 0.1) is 6.92 Å². The number of aromatic nitrogens is 2. The maximum Gasteiger partial charge on any atom is 0.410 e. The molecular formula is C16H18N4O3. The lowest BCUT2D eigenvalue weighted by Gasteiger charge is -2.12. The van der Waals surface area contributed by atoms with Gasteiger partial charge in [0.1, 0.15) is 19.0 Å². The summed E-state index contributed by atoms with van der Waals surface area (Å²) in [5.74, 6) is 0.357. The highest BCUT2D eigenvalue weighted by atomic mass is 16.6. The van der Waals surface area contributed by atoms with E-state index in [4.69, 9.17) is 4.74 Å². The van der Waals surface area contributed by atoms with E-state index in [1.165, 1.54) is 4.90 Å². The average molecular weight is 314 g/mol. The second-order valence-corrected chi connectivity index (χ2v) is 5.40. The van der Waals surface area contributed by atoms with Crippen LogP contribution in [0.3, 0.4) is 0 Å². The van der Waals surface area contributed by atoms with Crippen LogP contribution in [-0.2, 0) is 16.6 Å². The molecule has 23 heavy (non-hydrogen) atoms. The second kappa shape index (κ2) is 6.12. The summed E-state index contributed by atoms with van der Waals surface area (Å²) in [5.41, 5.74) is 2.70. The first kappa shape index (κ1) is 15.1. The van der Waals surface area contributed by atoms with Crippen LogP contribution in [0.5, 0.6) is 0 Å². The highest BCUT2D eigenvalue weighted by Gasteiger charge is 2.25. The number of nitrogens with zero attached hydrogens (tertiary/aromatic N) is 3. The molecule has 1 N–H and O–H groups in total. The smallest absolute Gasteiger partial charge is 0.410 e. The number of anilines is 1. The van der Waals surface area contributed by atoms with Crippen LogP contribution in [0.25, 0.3) is 11.3 Å². The maximum absolute atomic E-state index is 12.2. The molecule has 0 saturated carbocycles. The number of carbonyl (C=O) groups excluding carboxylic acids is 2. The van der Waals surface area contributed by atoms with Gasteiger partial charge in [-0.2, -0.15) is 5.10 Å². The Morgan fingerprint density at radius 1 is 1.35 bits per heavy atom. The zero-order valence-electron chi connectivity index (χ0n) is 13.1. The molecule has 0 unspecified atom stereocenters. The Morgan fingerprint density at radius 3 is 2.74 bits per heavy atom. The van der Waals surface area contributed by atoms with E-state index in [0.717, 1.165) is 16.8 Å². The Hall–Kier alpha value is -2.83. The minimum Gasteiger partial charge on any atom is -0.448 e. The van der Waals surface area contributed by atoms with Gasteiger partial charge in [0.2, 0.25) is 5.91 Å². The molecule has 1 aliphatic rings. The molecule has 0 radical (unpaired) electrons. The number of aryl methyl sites for hydroxylation is 1. The molecule has 2 heterocycles. The topological polar surface area (TPSA) is 76.5 Å². The van der Waals surface area contributed by atoms with E-state index in [1.54, 1.807) is 11.7 Å². The summed E-state index contributed by atoms with van der Waals surface area (Å²) in [5, 5.41) is 7.31. The largest absolute Gasteiger partial charge is 0.448 e. The molecule has 2 amide bonds. The molecule has 7 heteroatoms. The molecule has 0 atom stereocenters. The summed E-state index contributed by atoms with van der Waals surface area (Å²) in [6, 6.07) is 9.78. The van der Waals surface area contributed by atoms with Crippen molar-refractivity contribution in [2.75, 3.05) is 25.0 Å². The number of ether oxygens (including phenoxy) is 1. The van der Waals surface area contributed by atoms with Crippen molar-refractivity contribution < 1.29 is 14.3 Å². The number of cyclic esters (lactones) is 1. The van der Waals surface area contributed by atoms with Crippen LogP contribution >= 0.6 is 0 Å². The maximum atomic E-state index is 12.2. The van der Waals surface area contributed by atoms with Gasteiger partial charge >= 0.3 is 6.09 Å². The normalized spacial score (nSPS) is 14.0. The highest BCUT2D eigenvalue weighted by Crippen LogP contribution is 2.27. The minimum atomic E-state index is -0.452. The fraction of sp³-hybridized carbons (Fsp3) is 0.312. The Kier molecular flexibility index (Phi) is 4.01. The summed E-state index contributed by atoms with van der Waals surface area (Å²) in [6.07, 6.45) is -0.452. The van der Waals surface area contributed by atoms with Gasteiger partial charge in [0, 0.05) is 18.2 Å². The molecule has 2 aromatic rings. The molecular weight excluding hydrogens is 296 g/mol. The van der Waals surface area contributed by atoms with E-state index in [9.17, 15) is 9.59 Å². The van der Waals surface area contributed by atoms with Crippen LogP contribution in [0.4, 0.5) is 10.6 Å². The fourth-order valence-electron chi connectivity index (χ4n) is 2.59. The van der Waals surface area contributed by atoms with Crippen LogP contribution in [0.15, 0.2) is 30.3 Å². The monoisotopic (exact) mass is 314 g/mol. The van der Waals surface area contributed by atoms with Crippen LogP contribution in [0.2, 0.25) is 0 Å². The van der Waals surface area contributed by atoms with Crippen molar-refractivity contribution in [3.8, 4) is 11.3 Å². The lowest BCUT2D eigenvalue weighted by atomic mass is 10.1. The van der Waals surface area contributed by atoms with Crippen molar-refractivity contribution in [1.29, 1.82) is 0 Å². The van der Waals surface area contributed by atoms with E-state index < -0.39 is 6.09 Å². The number of amides is 2. The fourth-order valence-corrected chi connectivity index (χ4v) is 2.59. The number of hydrogen-bond donors (Lipinski definition) is 1. The standard InChI is InChI=1S/C16H18N4O3/c1-11-14(12-6-4-3-5-7-12)18-19(2)15(11)17-13(21)10-20-8-9-23-16(20)22/h3-7H,8-10H2,1-2H3,(H,17,21). The molecule has 1 aromatic heterocycles. The van der Waals surface area contributed by atoms with E-state index in [0.29, 0.717) is 19.0 Å². The Balaban J connectivity index is 1.77. The van der Waals surface area contributed by atoms with E-state index in [1.807, 2.05) is 37.3 Å². The minimum absolute atomic E-state index is 0.0237. The predicted octanol–water partition coefficient (Wildman–Crippen LogP) is 1.79. The third-order valence-corrected chi connectivity index (χ3v) is 3.77. The summed E-state index contributed by atoms with van der Waals surface area (Å²) < 4.78 is 6.45. The summed E-state index contributed by atoms with van der Waals surface area (Å²) in [4.78, 5) is 24.9. The highest BCUT2D eigenvalue weighted by molar-refractivity contribution is 5.94. The van der Waals surface area contributed by atoms with Gasteiger partial charge in [0.15, 0.2) is 0 Å². The number of rotatable bonds is 4. The summed E-state index contributed by atoms with van der Waals surface area (Å²) in [7, 11) is 1.78. The van der Waals surface area contributed by atoms with Crippen molar-refractivity contribution in [3.63, 3.8) is 0 Å². The lowest BCUT2D eigenvalue weighted by molar-refractivity contribution is -0.116. The Labute approximate surface area is 133 Å². The zero-order chi connectivity index (χ0) is 16.4. The molecule has 0 spiro atoms. The number of hydrogen-bond acceptors (Lipinski definition) is 4. The van der Waals surface area contributed by atoms with Gasteiger partial charge in [-0.3, -0.25) is 14.4 Å². The predicted molar refractivity (Wildman–Crippen MR) is 84.9 cm³/mol. The first-order chi connectivity index (χ1) is 11.1. The molecule has 1 fully saturated rings. The molecule has 0 bridgehead atoms. The first-order valence-corrected chi connectivity index (χ1v) is 7.37. The molecule has 1 saturated heterocycles. The molecule has 1 aromatic carbocycles. The SMILES string of the molecule is Cc1c(-c2ccccc2)nn(C)c1NC(=O)CN1CCOC1=O. The van der Waals surface area contributed by atoms with Crippen molar-refractivity contribution in [3.05, 3.63) is 35.9 Å². The van der Waals surface area contributed by atoms with Gasteiger partial charge in [-0.1, -0.05) is 30.3 Å². The Bertz CT molecular complexity index is 739. The van der Waals surface area contributed by atoms with Crippen LogP contribution in [-0.4, -0.2) is 46.4 Å². The van der Waals surface area contributed by atoms with Gasteiger partial charge in [-0.15, -0.1) is 0 Å². The van der Waals surface area contributed by atoms with E-state index >= 15 is 0 Å². The number of benzene rings is 1. The van der Waals surface area contributed by atoms with Gasteiger partial charge in [-0.25, -0.2) is 4.79 Å². The lowest BCUT2D eigenvalue weighted by Crippen LogP contribution is -2.34. The van der Waals surface area contributed by atoms with Gasteiger partial charge in [0.25, 0.3) is 0 Å². The average Bonchev–Trinajstić information content (AvgIpc) is 3.06. The summed E-state index contributed by atoms with van der Waals surface area (Å²) >= 11 is 0. The number of nitrogens with one attached hydrogen (secondary N) is 1. The van der Waals surface area contributed by atoms with Gasteiger partial charge < -0.3 is 10.1 Å². The molecule has 1 aliphatic heterocycles. The van der Waals surface area contributed by atoms with Gasteiger partial charge in [0.05, 0.1) is 12.2 Å². The van der Waals surface area contributed by atoms with E-state index in [-0.39, 0.29) is 12.5 Å². The van der Waals surface area contributed by atoms with Crippen molar-refractivity contribution in [2.45, 2.75) is 6.92 Å². The van der Waals surface area contributed by atoms with E-state index in [2.05, 4.69) is 10.4 Å². The third kappa shape index (κ3) is 3.03. The summed E-state index contributed by atoms with van der Waals surface area (Å²) in [6.45, 7) is 2.65. The molecule has 0 aliphatic carbocycles. The molecule has 3 rings (SSSR count). The first-order valence-electron chi connectivity index (χ1n) is 7.37. The quantitative estimate of drug-likeness (QED) is 0.933. The number of carbonyl (C=O) groups is 2. The van der Waals surface area contributed by atoms with Crippen LogP contribution < -0.4 is 5.32 Å². The Morgan fingerprint density at radius 2 is 2.09 bits per heavy atom. The van der Waals surface area contributed by atoms with Crippen LogP contribution in [0.1, 0.15) is 5.56 Å².